The van der Waals surface area contributed by atoms with Crippen LogP contribution in [0.3, 0.4) is 0 Å². The van der Waals surface area contributed by atoms with E-state index in [1.54, 1.807) is 42.7 Å². The normalized spacial score (nSPS) is 13.9. The molecule has 0 aliphatic carbocycles. The van der Waals surface area contributed by atoms with Crippen molar-refractivity contribution in [2.75, 3.05) is 11.9 Å². The lowest BCUT2D eigenvalue weighted by atomic mass is 9.96. The van der Waals surface area contributed by atoms with Gasteiger partial charge in [0.05, 0.1) is 31.8 Å². The van der Waals surface area contributed by atoms with Crippen LogP contribution in [0.5, 0.6) is 0 Å². The molecule has 2 aromatic heterocycles. The lowest BCUT2D eigenvalue weighted by molar-refractivity contribution is -0.117. The molecule has 0 radical (unpaired) electrons. The van der Waals surface area contributed by atoms with E-state index in [0.717, 1.165) is 26.1 Å². The Balaban J connectivity index is 1.46. The molecule has 0 saturated carbocycles. The van der Waals surface area contributed by atoms with Crippen LogP contribution in [-0.4, -0.2) is 34.2 Å². The number of thiophene rings is 1. The van der Waals surface area contributed by atoms with Crippen molar-refractivity contribution < 1.29 is 14.4 Å². The third-order valence-electron chi connectivity index (χ3n) is 5.68. The standard InChI is InChI=1S/C25H18ClN3O3S/c1-14-6-8-15(9-7-14)19(13-29-24(31)16-4-2-3-5-17(16)25(29)32)23(30)28-22-10-18-20(26)11-27-12-21(18)33-22/h2-12,19H,13H2,1H3,(H,28,30). The van der Waals surface area contributed by atoms with Crippen LogP contribution >= 0.6 is 22.9 Å². The summed E-state index contributed by atoms with van der Waals surface area (Å²) in [6.07, 6.45) is 3.25. The number of imide groups is 1. The molecule has 1 aliphatic heterocycles. The number of rotatable bonds is 5. The van der Waals surface area contributed by atoms with Crippen LogP contribution in [0.4, 0.5) is 5.00 Å². The summed E-state index contributed by atoms with van der Waals surface area (Å²) in [7, 11) is 0. The molecule has 1 aliphatic rings. The van der Waals surface area contributed by atoms with Crippen LogP contribution in [0.15, 0.2) is 67.0 Å². The molecule has 4 aromatic rings. The molecular formula is C25H18ClN3O3S. The summed E-state index contributed by atoms with van der Waals surface area (Å²) >= 11 is 7.58. The molecule has 33 heavy (non-hydrogen) atoms. The van der Waals surface area contributed by atoms with Crippen molar-refractivity contribution in [1.82, 2.24) is 9.88 Å². The maximum absolute atomic E-state index is 13.4. The van der Waals surface area contributed by atoms with Gasteiger partial charge in [0, 0.05) is 24.3 Å². The minimum Gasteiger partial charge on any atom is -0.317 e. The first kappa shape index (κ1) is 21.3. The van der Waals surface area contributed by atoms with E-state index in [2.05, 4.69) is 10.3 Å². The van der Waals surface area contributed by atoms with Crippen molar-refractivity contribution in [2.24, 2.45) is 0 Å². The molecular weight excluding hydrogens is 458 g/mol. The Bertz CT molecular complexity index is 1380. The van der Waals surface area contributed by atoms with E-state index in [4.69, 9.17) is 11.6 Å². The van der Waals surface area contributed by atoms with E-state index < -0.39 is 5.92 Å². The van der Waals surface area contributed by atoms with Gasteiger partial charge >= 0.3 is 0 Å². The smallest absolute Gasteiger partial charge is 0.261 e. The SMILES string of the molecule is Cc1ccc(C(CN2C(=O)c3ccccc3C2=O)C(=O)Nc2cc3c(Cl)cncc3s2)cc1. The first-order valence-corrected chi connectivity index (χ1v) is 11.5. The summed E-state index contributed by atoms with van der Waals surface area (Å²) in [4.78, 5) is 44.5. The Labute approximate surface area is 198 Å². The molecule has 8 heteroatoms. The first-order valence-electron chi connectivity index (χ1n) is 10.3. The van der Waals surface area contributed by atoms with Crippen LogP contribution in [0.2, 0.25) is 5.02 Å². The summed E-state index contributed by atoms with van der Waals surface area (Å²) in [6.45, 7) is 1.90. The van der Waals surface area contributed by atoms with Gasteiger partial charge in [-0.2, -0.15) is 0 Å². The fraction of sp³-hybridized carbons (Fsp3) is 0.120. The van der Waals surface area contributed by atoms with Gasteiger partial charge in [0.15, 0.2) is 0 Å². The second-order valence-corrected chi connectivity index (χ2v) is 9.35. The van der Waals surface area contributed by atoms with Crippen molar-refractivity contribution >= 4 is 55.7 Å². The minimum absolute atomic E-state index is 0.0611. The maximum atomic E-state index is 13.4. The van der Waals surface area contributed by atoms with E-state index in [9.17, 15) is 14.4 Å². The van der Waals surface area contributed by atoms with Crippen molar-refractivity contribution in [3.05, 3.63) is 94.3 Å². The number of hydrogen-bond acceptors (Lipinski definition) is 5. The minimum atomic E-state index is -0.744. The van der Waals surface area contributed by atoms with E-state index in [-0.39, 0.29) is 24.3 Å². The third kappa shape index (κ3) is 3.90. The van der Waals surface area contributed by atoms with Crippen LogP contribution in [0, 0.1) is 6.92 Å². The quantitative estimate of drug-likeness (QED) is 0.398. The van der Waals surface area contributed by atoms with Gasteiger partial charge < -0.3 is 5.32 Å². The van der Waals surface area contributed by atoms with Gasteiger partial charge in [-0.25, -0.2) is 0 Å². The Hall–Kier alpha value is -3.55. The second kappa shape index (κ2) is 8.42. The zero-order valence-corrected chi connectivity index (χ0v) is 19.1. The number of halogens is 1. The molecule has 6 nitrogen and oxygen atoms in total. The third-order valence-corrected chi connectivity index (χ3v) is 6.97. The zero-order valence-electron chi connectivity index (χ0n) is 17.5. The Kier molecular flexibility index (Phi) is 5.44. The first-order chi connectivity index (χ1) is 15.9. The Morgan fingerprint density at radius 2 is 1.73 bits per heavy atom. The second-order valence-electron chi connectivity index (χ2n) is 7.86. The molecule has 3 amide bonds. The molecule has 0 bridgehead atoms. The fourth-order valence-corrected chi connectivity index (χ4v) is 5.15. The zero-order chi connectivity index (χ0) is 23.1. The molecule has 1 unspecified atom stereocenters. The van der Waals surface area contributed by atoms with Gasteiger partial charge in [0.25, 0.3) is 11.8 Å². The van der Waals surface area contributed by atoms with Crippen LogP contribution < -0.4 is 5.32 Å². The number of pyridine rings is 1. The number of amides is 3. The highest BCUT2D eigenvalue weighted by molar-refractivity contribution is 7.23. The molecule has 1 atom stereocenters. The van der Waals surface area contributed by atoms with E-state index in [1.165, 1.54) is 11.3 Å². The lowest BCUT2D eigenvalue weighted by Gasteiger charge is -2.22. The summed E-state index contributed by atoms with van der Waals surface area (Å²) in [5.41, 5.74) is 2.48. The maximum Gasteiger partial charge on any atom is 0.261 e. The average Bonchev–Trinajstić information content (AvgIpc) is 3.33. The molecule has 0 fully saturated rings. The predicted octanol–water partition coefficient (Wildman–Crippen LogP) is 5.28. The molecule has 2 aromatic carbocycles. The fourth-order valence-electron chi connectivity index (χ4n) is 3.92. The van der Waals surface area contributed by atoms with Crippen molar-refractivity contribution in [2.45, 2.75) is 12.8 Å². The monoisotopic (exact) mass is 475 g/mol. The summed E-state index contributed by atoms with van der Waals surface area (Å²) in [5.74, 6) is -1.84. The van der Waals surface area contributed by atoms with E-state index in [1.807, 2.05) is 31.2 Å². The number of benzene rings is 2. The van der Waals surface area contributed by atoms with Crippen molar-refractivity contribution in [1.29, 1.82) is 0 Å². The number of nitrogens with zero attached hydrogens (tertiary/aromatic N) is 2. The van der Waals surface area contributed by atoms with Crippen LogP contribution in [0.25, 0.3) is 10.1 Å². The summed E-state index contributed by atoms with van der Waals surface area (Å²) in [6, 6.07) is 16.0. The molecule has 5 rings (SSSR count). The number of hydrogen-bond donors (Lipinski definition) is 1. The Morgan fingerprint density at radius 1 is 1.06 bits per heavy atom. The van der Waals surface area contributed by atoms with E-state index >= 15 is 0 Å². The predicted molar refractivity (Wildman–Crippen MR) is 129 cm³/mol. The number of aromatic nitrogens is 1. The van der Waals surface area contributed by atoms with Gasteiger partial charge in [-0.1, -0.05) is 53.6 Å². The number of fused-ring (bicyclic) bond motifs is 2. The molecule has 0 saturated heterocycles. The molecule has 0 spiro atoms. The highest BCUT2D eigenvalue weighted by Crippen LogP contribution is 2.34. The van der Waals surface area contributed by atoms with Gasteiger partial charge in [0.1, 0.15) is 0 Å². The van der Waals surface area contributed by atoms with Gasteiger partial charge in [-0.05, 0) is 30.7 Å². The number of aryl methyl sites for hydroxylation is 1. The number of anilines is 1. The van der Waals surface area contributed by atoms with Crippen LogP contribution in [-0.2, 0) is 4.79 Å². The Morgan fingerprint density at radius 3 is 2.36 bits per heavy atom. The number of nitrogens with one attached hydrogen (secondary N) is 1. The number of carbonyl (C=O) groups excluding carboxylic acids is 3. The lowest BCUT2D eigenvalue weighted by Crippen LogP contribution is -2.38. The van der Waals surface area contributed by atoms with Crippen molar-refractivity contribution in [3.63, 3.8) is 0 Å². The van der Waals surface area contributed by atoms with Gasteiger partial charge in [-0.15, -0.1) is 11.3 Å². The summed E-state index contributed by atoms with van der Waals surface area (Å²) in [5, 5.41) is 4.87. The topological polar surface area (TPSA) is 79.4 Å². The van der Waals surface area contributed by atoms with Gasteiger partial charge in [-0.3, -0.25) is 24.3 Å². The van der Waals surface area contributed by atoms with E-state index in [0.29, 0.717) is 21.2 Å². The average molecular weight is 476 g/mol. The van der Waals surface area contributed by atoms with Gasteiger partial charge in [0.2, 0.25) is 5.91 Å². The number of carbonyl (C=O) groups is 3. The van der Waals surface area contributed by atoms with Crippen molar-refractivity contribution in [3.8, 4) is 0 Å². The molecule has 1 N–H and O–H groups in total. The highest BCUT2D eigenvalue weighted by atomic mass is 35.5. The summed E-state index contributed by atoms with van der Waals surface area (Å²) < 4.78 is 0.852. The van der Waals surface area contributed by atoms with Crippen LogP contribution in [0.1, 0.15) is 37.8 Å². The molecule has 3 heterocycles. The molecule has 164 valence electrons. The highest BCUT2D eigenvalue weighted by Gasteiger charge is 2.38. The largest absolute Gasteiger partial charge is 0.317 e.